The van der Waals surface area contributed by atoms with Crippen LogP contribution in [0.3, 0.4) is 0 Å². The van der Waals surface area contributed by atoms with Gasteiger partial charge in [0.25, 0.3) is 0 Å². The van der Waals surface area contributed by atoms with Gasteiger partial charge in [-0.15, -0.1) is 0 Å². The summed E-state index contributed by atoms with van der Waals surface area (Å²) in [4.78, 5) is 0. The SMILES string of the molecule is CCCCP(c1ccccc1)C1CCCCC1. The smallest absolute Gasteiger partial charge is 0.0169 e. The van der Waals surface area contributed by atoms with E-state index >= 15 is 0 Å². The van der Waals surface area contributed by atoms with Crippen LogP contribution in [0.4, 0.5) is 0 Å². The second kappa shape index (κ2) is 7.17. The number of benzene rings is 1. The average Bonchev–Trinajstić information content (AvgIpc) is 2.42. The fourth-order valence-corrected chi connectivity index (χ4v) is 6.11. The van der Waals surface area contributed by atoms with E-state index in [2.05, 4.69) is 37.3 Å². The van der Waals surface area contributed by atoms with Crippen LogP contribution in [0.15, 0.2) is 30.3 Å². The van der Waals surface area contributed by atoms with Gasteiger partial charge in [-0.25, -0.2) is 0 Å². The van der Waals surface area contributed by atoms with Crippen LogP contribution in [0.5, 0.6) is 0 Å². The molecule has 1 aliphatic rings. The molecule has 0 N–H and O–H groups in total. The quantitative estimate of drug-likeness (QED) is 0.648. The van der Waals surface area contributed by atoms with Crippen LogP contribution in [0.25, 0.3) is 0 Å². The van der Waals surface area contributed by atoms with Crippen LogP contribution in [0, 0.1) is 0 Å². The molecule has 17 heavy (non-hydrogen) atoms. The molecule has 1 aromatic carbocycles. The molecule has 94 valence electrons. The van der Waals surface area contributed by atoms with Crippen molar-refractivity contribution in [2.45, 2.75) is 57.5 Å². The van der Waals surface area contributed by atoms with Crippen molar-refractivity contribution in [2.24, 2.45) is 0 Å². The molecule has 0 nitrogen and oxygen atoms in total. The Hall–Kier alpha value is -0.350. The predicted molar refractivity (Wildman–Crippen MR) is 79.6 cm³/mol. The molecule has 0 bridgehead atoms. The molecule has 1 atom stereocenters. The Kier molecular flexibility index (Phi) is 5.52. The summed E-state index contributed by atoms with van der Waals surface area (Å²) >= 11 is 0. The lowest BCUT2D eigenvalue weighted by Crippen LogP contribution is -2.18. The van der Waals surface area contributed by atoms with Gasteiger partial charge in [-0.05, 0) is 36.4 Å². The first kappa shape index (κ1) is 13.1. The molecule has 0 aromatic heterocycles. The van der Waals surface area contributed by atoms with Gasteiger partial charge in [0.1, 0.15) is 0 Å². The summed E-state index contributed by atoms with van der Waals surface area (Å²) in [6, 6.07) is 11.3. The molecular weight excluding hydrogens is 223 g/mol. The van der Waals surface area contributed by atoms with Crippen molar-refractivity contribution in [3.8, 4) is 0 Å². The molecule has 1 fully saturated rings. The van der Waals surface area contributed by atoms with E-state index in [-0.39, 0.29) is 7.92 Å². The highest BCUT2D eigenvalue weighted by Crippen LogP contribution is 2.47. The van der Waals surface area contributed by atoms with Gasteiger partial charge in [0, 0.05) is 0 Å². The number of rotatable bonds is 5. The summed E-state index contributed by atoms with van der Waals surface area (Å²) in [6.45, 7) is 2.32. The summed E-state index contributed by atoms with van der Waals surface area (Å²) in [5.74, 6) is 0. The summed E-state index contributed by atoms with van der Waals surface area (Å²) in [7, 11) is 0.120. The second-order valence-corrected chi connectivity index (χ2v) is 7.81. The maximum Gasteiger partial charge on any atom is -0.0169 e. The van der Waals surface area contributed by atoms with Crippen LogP contribution in [0.1, 0.15) is 51.9 Å². The molecule has 0 spiro atoms. The Bertz CT molecular complexity index is 301. The Balaban J connectivity index is 2.06. The third-order valence-corrected chi connectivity index (χ3v) is 7.01. The minimum absolute atomic E-state index is 0.120. The molecule has 0 saturated heterocycles. The van der Waals surface area contributed by atoms with Gasteiger partial charge >= 0.3 is 0 Å². The Morgan fingerprint density at radius 1 is 1.06 bits per heavy atom. The predicted octanol–water partition coefficient (Wildman–Crippen LogP) is 4.93. The molecule has 0 amide bonds. The minimum Gasteiger partial charge on any atom is -0.0721 e. The molecular formula is C16H25P. The monoisotopic (exact) mass is 248 g/mol. The Morgan fingerprint density at radius 2 is 1.76 bits per heavy atom. The zero-order valence-electron chi connectivity index (χ0n) is 11.1. The minimum atomic E-state index is 0.120. The van der Waals surface area contributed by atoms with Crippen molar-refractivity contribution in [3.05, 3.63) is 30.3 Å². The van der Waals surface area contributed by atoms with E-state index < -0.39 is 0 Å². The zero-order valence-corrected chi connectivity index (χ0v) is 12.0. The zero-order chi connectivity index (χ0) is 11.9. The first-order chi connectivity index (χ1) is 8.42. The van der Waals surface area contributed by atoms with Crippen LogP contribution >= 0.6 is 7.92 Å². The lowest BCUT2D eigenvalue weighted by atomic mass is 10.0. The Morgan fingerprint density at radius 3 is 2.41 bits per heavy atom. The fraction of sp³-hybridized carbons (Fsp3) is 0.625. The van der Waals surface area contributed by atoms with Gasteiger partial charge in [-0.1, -0.05) is 70.9 Å². The van der Waals surface area contributed by atoms with Gasteiger partial charge in [-0.3, -0.25) is 0 Å². The standard InChI is InChI=1S/C16H25P/c1-2-3-14-17(15-10-6-4-7-11-15)16-12-8-5-9-13-16/h4,6-7,10-11,16H,2-3,5,8-9,12-14H2,1H3. The number of unbranched alkanes of at least 4 members (excludes halogenated alkanes) is 1. The van der Waals surface area contributed by atoms with E-state index in [4.69, 9.17) is 0 Å². The average molecular weight is 248 g/mol. The first-order valence-electron chi connectivity index (χ1n) is 7.23. The lowest BCUT2D eigenvalue weighted by molar-refractivity contribution is 0.511. The lowest BCUT2D eigenvalue weighted by Gasteiger charge is -2.31. The van der Waals surface area contributed by atoms with Crippen molar-refractivity contribution in [3.63, 3.8) is 0 Å². The maximum absolute atomic E-state index is 2.37. The molecule has 2 rings (SSSR count). The van der Waals surface area contributed by atoms with Crippen LogP contribution in [0.2, 0.25) is 0 Å². The largest absolute Gasteiger partial charge is 0.0721 e. The maximum atomic E-state index is 2.37. The van der Waals surface area contributed by atoms with E-state index in [9.17, 15) is 0 Å². The molecule has 0 heterocycles. The van der Waals surface area contributed by atoms with Gasteiger partial charge < -0.3 is 0 Å². The molecule has 1 aromatic rings. The Labute approximate surface area is 108 Å². The highest BCUT2D eigenvalue weighted by Gasteiger charge is 2.23. The summed E-state index contributed by atoms with van der Waals surface area (Å²) < 4.78 is 0. The molecule has 1 saturated carbocycles. The highest BCUT2D eigenvalue weighted by molar-refractivity contribution is 7.66. The van der Waals surface area contributed by atoms with Gasteiger partial charge in [-0.2, -0.15) is 0 Å². The number of hydrogen-bond acceptors (Lipinski definition) is 0. The first-order valence-corrected chi connectivity index (χ1v) is 8.83. The normalized spacial score (nSPS) is 19.1. The van der Waals surface area contributed by atoms with Crippen LogP contribution in [-0.2, 0) is 0 Å². The molecule has 0 aliphatic heterocycles. The third kappa shape index (κ3) is 3.81. The van der Waals surface area contributed by atoms with Crippen LogP contribution < -0.4 is 5.30 Å². The second-order valence-electron chi connectivity index (χ2n) is 5.17. The van der Waals surface area contributed by atoms with Crippen molar-refractivity contribution in [1.82, 2.24) is 0 Å². The molecule has 0 radical (unpaired) electrons. The molecule has 1 heteroatoms. The topological polar surface area (TPSA) is 0 Å². The van der Waals surface area contributed by atoms with E-state index in [0.29, 0.717) is 0 Å². The summed E-state index contributed by atoms with van der Waals surface area (Å²) in [5.41, 5.74) is 1.02. The number of hydrogen-bond donors (Lipinski definition) is 0. The summed E-state index contributed by atoms with van der Waals surface area (Å²) in [6.07, 6.45) is 11.6. The molecule has 1 aliphatic carbocycles. The van der Waals surface area contributed by atoms with E-state index in [1.807, 2.05) is 0 Å². The van der Waals surface area contributed by atoms with Crippen molar-refractivity contribution in [1.29, 1.82) is 0 Å². The van der Waals surface area contributed by atoms with Gasteiger partial charge in [0.15, 0.2) is 0 Å². The molecule has 1 unspecified atom stereocenters. The third-order valence-electron chi connectivity index (χ3n) is 3.86. The summed E-state index contributed by atoms with van der Waals surface area (Å²) in [5, 5.41) is 1.66. The van der Waals surface area contributed by atoms with Gasteiger partial charge in [0.2, 0.25) is 0 Å². The van der Waals surface area contributed by atoms with Gasteiger partial charge in [0.05, 0.1) is 0 Å². The van der Waals surface area contributed by atoms with E-state index in [0.717, 1.165) is 5.66 Å². The van der Waals surface area contributed by atoms with Crippen molar-refractivity contribution >= 4 is 13.2 Å². The van der Waals surface area contributed by atoms with Crippen molar-refractivity contribution in [2.75, 3.05) is 6.16 Å². The highest BCUT2D eigenvalue weighted by atomic mass is 31.1. The van der Waals surface area contributed by atoms with E-state index in [1.54, 1.807) is 5.30 Å². The fourth-order valence-electron chi connectivity index (χ4n) is 2.86. The van der Waals surface area contributed by atoms with Crippen molar-refractivity contribution < 1.29 is 0 Å². The van der Waals surface area contributed by atoms with Crippen LogP contribution in [-0.4, -0.2) is 11.8 Å². The van der Waals surface area contributed by atoms with E-state index in [1.165, 1.54) is 51.1 Å².